The van der Waals surface area contributed by atoms with Crippen LogP contribution >= 0.6 is 0 Å². The van der Waals surface area contributed by atoms with Crippen LogP contribution in [0.5, 0.6) is 5.75 Å². The highest BCUT2D eigenvalue weighted by molar-refractivity contribution is 5.84. The van der Waals surface area contributed by atoms with Crippen LogP contribution < -0.4 is 10.1 Å². The van der Waals surface area contributed by atoms with Crippen molar-refractivity contribution < 1.29 is 13.9 Å². The van der Waals surface area contributed by atoms with E-state index in [1.165, 1.54) is 0 Å². The van der Waals surface area contributed by atoms with Gasteiger partial charge < -0.3 is 14.5 Å². The number of hydrogen-bond acceptors (Lipinski definition) is 4. The minimum Gasteiger partial charge on any atom is -0.478 e. The molecular weight excluding hydrogens is 376 g/mol. The summed E-state index contributed by atoms with van der Waals surface area (Å²) in [5.74, 6) is 1.07. The predicted octanol–water partition coefficient (Wildman–Crippen LogP) is 5.28. The summed E-state index contributed by atoms with van der Waals surface area (Å²) in [7, 11) is 0. The van der Waals surface area contributed by atoms with Crippen molar-refractivity contribution in [2.45, 2.75) is 32.9 Å². The largest absolute Gasteiger partial charge is 0.478 e. The molecule has 30 heavy (non-hydrogen) atoms. The molecule has 0 atom stereocenters. The molecule has 4 rings (SSSR count). The van der Waals surface area contributed by atoms with Crippen molar-refractivity contribution in [3.05, 3.63) is 83.9 Å². The second-order valence-corrected chi connectivity index (χ2v) is 7.80. The molecule has 0 spiro atoms. The number of para-hydroxylation sites is 1. The average molecular weight is 400 g/mol. The number of fused-ring (bicyclic) bond motifs is 1. The first kappa shape index (κ1) is 19.7. The van der Waals surface area contributed by atoms with Gasteiger partial charge in [-0.3, -0.25) is 4.79 Å². The first-order valence-electron chi connectivity index (χ1n) is 9.90. The summed E-state index contributed by atoms with van der Waals surface area (Å²) in [6.07, 6.45) is 0. The molecule has 0 unspecified atom stereocenters. The molecule has 152 valence electrons. The van der Waals surface area contributed by atoms with Crippen LogP contribution in [0, 0.1) is 6.92 Å². The van der Waals surface area contributed by atoms with Gasteiger partial charge >= 0.3 is 0 Å². The highest BCUT2D eigenvalue weighted by atomic mass is 16.5. The maximum Gasteiger partial charge on any atom is 0.263 e. The minimum atomic E-state index is -0.975. The van der Waals surface area contributed by atoms with E-state index in [1.54, 1.807) is 13.8 Å². The molecule has 0 aliphatic rings. The van der Waals surface area contributed by atoms with E-state index in [0.29, 0.717) is 18.2 Å². The number of ether oxygens (including phenoxy) is 1. The van der Waals surface area contributed by atoms with Crippen LogP contribution in [0.4, 0.5) is 0 Å². The van der Waals surface area contributed by atoms with Gasteiger partial charge in [0.25, 0.3) is 5.91 Å². The Hall–Kier alpha value is -3.60. The van der Waals surface area contributed by atoms with Gasteiger partial charge in [0.1, 0.15) is 11.3 Å². The van der Waals surface area contributed by atoms with Gasteiger partial charge in [0.2, 0.25) is 5.89 Å². The molecule has 5 nitrogen and oxygen atoms in total. The lowest BCUT2D eigenvalue weighted by Crippen LogP contribution is -2.46. The summed E-state index contributed by atoms with van der Waals surface area (Å²) >= 11 is 0. The molecule has 0 saturated carbocycles. The maximum absolute atomic E-state index is 12.6. The van der Waals surface area contributed by atoms with Crippen LogP contribution in [0.3, 0.4) is 0 Å². The van der Waals surface area contributed by atoms with Crippen molar-refractivity contribution in [1.82, 2.24) is 10.3 Å². The van der Waals surface area contributed by atoms with Crippen LogP contribution in [0.25, 0.3) is 22.6 Å². The highest BCUT2D eigenvalue weighted by Crippen LogP contribution is 2.25. The third-order valence-electron chi connectivity index (χ3n) is 4.86. The number of nitrogens with one attached hydrogen (secondary N) is 1. The maximum atomic E-state index is 12.6. The molecule has 1 heterocycles. The Balaban J connectivity index is 1.40. The number of carbonyl (C=O) groups excluding carboxylic acids is 1. The first-order chi connectivity index (χ1) is 14.4. The lowest BCUT2D eigenvalue weighted by molar-refractivity contribution is -0.134. The smallest absolute Gasteiger partial charge is 0.263 e. The van der Waals surface area contributed by atoms with E-state index in [1.807, 2.05) is 79.7 Å². The number of carbonyl (C=O) groups is 1. The average Bonchev–Trinajstić information content (AvgIpc) is 3.16. The minimum absolute atomic E-state index is 0.176. The quantitative estimate of drug-likeness (QED) is 0.478. The number of oxazole rings is 1. The van der Waals surface area contributed by atoms with Crippen LogP contribution in [-0.2, 0) is 11.3 Å². The van der Waals surface area contributed by atoms with Crippen LogP contribution in [0.2, 0.25) is 0 Å². The fourth-order valence-corrected chi connectivity index (χ4v) is 3.15. The van der Waals surface area contributed by atoms with E-state index >= 15 is 0 Å². The van der Waals surface area contributed by atoms with Gasteiger partial charge in [0.15, 0.2) is 11.2 Å². The number of nitrogens with zero attached hydrogens (tertiary/aromatic N) is 1. The highest BCUT2D eigenvalue weighted by Gasteiger charge is 2.29. The fraction of sp³-hybridized carbons (Fsp3) is 0.200. The molecule has 0 aliphatic carbocycles. The van der Waals surface area contributed by atoms with Crippen LogP contribution in [0.15, 0.2) is 77.2 Å². The van der Waals surface area contributed by atoms with Gasteiger partial charge in [-0.15, -0.1) is 0 Å². The zero-order chi connectivity index (χ0) is 21.1. The number of aryl methyl sites for hydroxylation is 1. The van der Waals surface area contributed by atoms with Crippen LogP contribution in [-0.4, -0.2) is 16.5 Å². The first-order valence-corrected chi connectivity index (χ1v) is 9.90. The van der Waals surface area contributed by atoms with E-state index in [-0.39, 0.29) is 5.91 Å². The summed E-state index contributed by atoms with van der Waals surface area (Å²) in [5.41, 5.74) is 3.66. The Kier molecular flexibility index (Phi) is 5.27. The molecule has 1 N–H and O–H groups in total. The molecule has 0 saturated heterocycles. The Bertz CT molecular complexity index is 1160. The Morgan fingerprint density at radius 2 is 1.77 bits per heavy atom. The van der Waals surface area contributed by atoms with Gasteiger partial charge in [0.05, 0.1) is 0 Å². The second-order valence-electron chi connectivity index (χ2n) is 7.80. The molecular formula is C25H24N2O3. The number of amides is 1. The summed E-state index contributed by atoms with van der Waals surface area (Å²) in [5, 5.41) is 2.94. The molecule has 0 fully saturated rings. The normalized spacial score (nSPS) is 11.4. The van der Waals surface area contributed by atoms with E-state index in [9.17, 15) is 4.79 Å². The monoisotopic (exact) mass is 400 g/mol. The van der Waals surface area contributed by atoms with Gasteiger partial charge in [-0.05, 0) is 68.3 Å². The van der Waals surface area contributed by atoms with E-state index < -0.39 is 5.60 Å². The van der Waals surface area contributed by atoms with E-state index in [0.717, 1.165) is 27.8 Å². The van der Waals surface area contributed by atoms with Crippen molar-refractivity contribution in [3.63, 3.8) is 0 Å². The fourth-order valence-electron chi connectivity index (χ4n) is 3.15. The lowest BCUT2D eigenvalue weighted by Gasteiger charge is -2.25. The van der Waals surface area contributed by atoms with Gasteiger partial charge in [-0.2, -0.15) is 0 Å². The predicted molar refractivity (Wildman–Crippen MR) is 117 cm³/mol. The molecule has 3 aromatic carbocycles. The van der Waals surface area contributed by atoms with Crippen molar-refractivity contribution in [1.29, 1.82) is 0 Å². The molecule has 0 bridgehead atoms. The third-order valence-corrected chi connectivity index (χ3v) is 4.86. The Morgan fingerprint density at radius 1 is 1.03 bits per heavy atom. The molecule has 5 heteroatoms. The van der Waals surface area contributed by atoms with Crippen LogP contribution in [0.1, 0.15) is 25.0 Å². The van der Waals surface area contributed by atoms with E-state index in [4.69, 9.17) is 9.15 Å². The third kappa shape index (κ3) is 4.35. The zero-order valence-electron chi connectivity index (χ0n) is 17.3. The zero-order valence-corrected chi connectivity index (χ0v) is 17.3. The number of hydrogen-bond donors (Lipinski definition) is 1. The molecule has 1 amide bonds. The summed E-state index contributed by atoms with van der Waals surface area (Å²) < 4.78 is 11.7. The van der Waals surface area contributed by atoms with Gasteiger partial charge in [-0.25, -0.2) is 4.98 Å². The SMILES string of the molecule is Cc1ccc2nc(-c3ccc(CNC(=O)C(C)(C)Oc4ccccc4)cc3)oc2c1. The van der Waals surface area contributed by atoms with Crippen molar-refractivity contribution in [2.24, 2.45) is 0 Å². The number of rotatable bonds is 6. The Morgan fingerprint density at radius 3 is 2.50 bits per heavy atom. The standard InChI is InChI=1S/C25H24N2O3/c1-17-9-14-21-22(15-17)29-23(27-21)19-12-10-18(11-13-19)16-26-24(28)25(2,3)30-20-7-5-4-6-8-20/h4-15H,16H2,1-3H3,(H,26,28). The molecule has 4 aromatic rings. The molecule has 0 radical (unpaired) electrons. The van der Waals surface area contributed by atoms with Gasteiger partial charge in [-0.1, -0.05) is 36.4 Å². The second kappa shape index (κ2) is 8.03. The van der Waals surface area contributed by atoms with E-state index in [2.05, 4.69) is 10.3 Å². The summed E-state index contributed by atoms with van der Waals surface area (Å²) in [6.45, 7) is 5.95. The lowest BCUT2D eigenvalue weighted by atomic mass is 10.1. The topological polar surface area (TPSA) is 64.4 Å². The van der Waals surface area contributed by atoms with Crippen molar-refractivity contribution >= 4 is 17.0 Å². The molecule has 1 aromatic heterocycles. The summed E-state index contributed by atoms with van der Waals surface area (Å²) in [4.78, 5) is 17.1. The number of benzene rings is 3. The van der Waals surface area contributed by atoms with Crippen molar-refractivity contribution in [2.75, 3.05) is 0 Å². The van der Waals surface area contributed by atoms with Crippen molar-refractivity contribution in [3.8, 4) is 17.2 Å². The number of aromatic nitrogens is 1. The Labute approximate surface area is 175 Å². The molecule has 0 aliphatic heterocycles. The summed E-state index contributed by atoms with van der Waals surface area (Å²) in [6, 6.07) is 23.1. The van der Waals surface area contributed by atoms with Gasteiger partial charge in [0, 0.05) is 12.1 Å².